The Bertz CT molecular complexity index is 1430. The summed E-state index contributed by atoms with van der Waals surface area (Å²) in [6, 6.07) is 0. The lowest BCUT2D eigenvalue weighted by Gasteiger charge is -2.18. The number of hydrogen-bond donors (Lipinski definition) is 0. The third-order valence-electron chi connectivity index (χ3n) is 13.8. The highest BCUT2D eigenvalue weighted by Crippen LogP contribution is 2.15. The molecule has 0 rings (SSSR count). The van der Waals surface area contributed by atoms with Gasteiger partial charge in [-0.25, -0.2) is 0 Å². The lowest BCUT2D eigenvalue weighted by Crippen LogP contribution is -2.30. The van der Waals surface area contributed by atoms with Crippen molar-refractivity contribution in [2.45, 2.75) is 322 Å². The Morgan fingerprint density at radius 1 is 0.267 bits per heavy atom. The van der Waals surface area contributed by atoms with Gasteiger partial charge in [0.1, 0.15) is 13.2 Å². The zero-order valence-electron chi connectivity index (χ0n) is 49.6. The van der Waals surface area contributed by atoms with Gasteiger partial charge in [0.25, 0.3) is 0 Å². The smallest absolute Gasteiger partial charge is 0.306 e. The Kier molecular flexibility index (Phi) is 60.3. The first kappa shape index (κ1) is 71.6. The fraction of sp³-hybridized carbons (Fsp3) is 0.754. The van der Waals surface area contributed by atoms with Crippen LogP contribution in [0.5, 0.6) is 0 Å². The first-order valence-electron chi connectivity index (χ1n) is 32.1. The van der Waals surface area contributed by atoms with Crippen LogP contribution in [0.1, 0.15) is 316 Å². The number of ether oxygens (including phenoxy) is 3. The molecule has 75 heavy (non-hydrogen) atoms. The van der Waals surface area contributed by atoms with E-state index in [4.69, 9.17) is 14.2 Å². The summed E-state index contributed by atoms with van der Waals surface area (Å²) in [6.45, 7) is 6.58. The molecule has 0 aromatic heterocycles. The number of allylic oxidation sites excluding steroid dienone is 14. The number of esters is 3. The lowest BCUT2D eigenvalue weighted by atomic mass is 10.1. The Morgan fingerprint density at radius 2 is 0.493 bits per heavy atom. The molecule has 0 saturated heterocycles. The molecule has 0 N–H and O–H groups in total. The van der Waals surface area contributed by atoms with Crippen LogP contribution >= 0.6 is 0 Å². The van der Waals surface area contributed by atoms with Gasteiger partial charge in [0.05, 0.1) is 0 Å². The van der Waals surface area contributed by atoms with Crippen molar-refractivity contribution in [2.75, 3.05) is 13.2 Å². The molecule has 0 saturated carbocycles. The number of rotatable bonds is 58. The third-order valence-corrected chi connectivity index (χ3v) is 13.8. The van der Waals surface area contributed by atoms with Crippen LogP contribution in [0, 0.1) is 0 Å². The van der Waals surface area contributed by atoms with Gasteiger partial charge in [-0.3, -0.25) is 14.4 Å². The number of unbranched alkanes of at least 4 members (excludes halogenated alkanes) is 33. The van der Waals surface area contributed by atoms with E-state index < -0.39 is 6.10 Å². The molecule has 0 radical (unpaired) electrons. The molecule has 0 fully saturated rings. The van der Waals surface area contributed by atoms with Crippen LogP contribution in [0.3, 0.4) is 0 Å². The van der Waals surface area contributed by atoms with Crippen LogP contribution < -0.4 is 0 Å². The minimum atomic E-state index is -0.790. The highest BCUT2D eigenvalue weighted by molar-refractivity contribution is 5.71. The molecule has 0 aromatic carbocycles. The van der Waals surface area contributed by atoms with Crippen LogP contribution in [-0.2, 0) is 28.6 Å². The van der Waals surface area contributed by atoms with E-state index in [1.165, 1.54) is 173 Å². The van der Waals surface area contributed by atoms with E-state index in [-0.39, 0.29) is 31.1 Å². The third kappa shape index (κ3) is 61.3. The van der Waals surface area contributed by atoms with E-state index in [2.05, 4.69) is 106 Å². The van der Waals surface area contributed by atoms with Gasteiger partial charge in [-0.15, -0.1) is 0 Å². The first-order chi connectivity index (χ1) is 37.0. The summed E-state index contributed by atoms with van der Waals surface area (Å²) < 4.78 is 16.9. The molecule has 432 valence electrons. The Hall–Kier alpha value is -3.41. The zero-order chi connectivity index (χ0) is 54.3. The predicted octanol–water partition coefficient (Wildman–Crippen LogP) is 21.9. The van der Waals surface area contributed by atoms with Crippen LogP contribution in [0.2, 0.25) is 0 Å². The zero-order valence-corrected chi connectivity index (χ0v) is 49.6. The average Bonchev–Trinajstić information content (AvgIpc) is 3.41. The van der Waals surface area contributed by atoms with E-state index in [9.17, 15) is 14.4 Å². The van der Waals surface area contributed by atoms with Crippen LogP contribution in [-0.4, -0.2) is 37.2 Å². The van der Waals surface area contributed by atoms with Gasteiger partial charge in [-0.1, -0.05) is 266 Å². The summed E-state index contributed by atoms with van der Waals surface area (Å²) in [6.07, 6.45) is 83.0. The van der Waals surface area contributed by atoms with Gasteiger partial charge in [0, 0.05) is 19.3 Å². The van der Waals surface area contributed by atoms with Gasteiger partial charge < -0.3 is 14.2 Å². The Balaban J connectivity index is 4.31. The maximum atomic E-state index is 12.9. The summed E-state index contributed by atoms with van der Waals surface area (Å²) in [5, 5.41) is 0. The van der Waals surface area contributed by atoms with Gasteiger partial charge >= 0.3 is 17.9 Å². The summed E-state index contributed by atoms with van der Waals surface area (Å²) in [5.74, 6) is -0.903. The van der Waals surface area contributed by atoms with Crippen molar-refractivity contribution in [2.24, 2.45) is 0 Å². The van der Waals surface area contributed by atoms with Gasteiger partial charge in [-0.2, -0.15) is 0 Å². The molecule has 0 aliphatic heterocycles. The molecular formula is C69H120O6. The second kappa shape index (κ2) is 63.1. The molecule has 0 aliphatic carbocycles. The van der Waals surface area contributed by atoms with Gasteiger partial charge in [0.2, 0.25) is 0 Å². The number of carbonyl (C=O) groups excluding carboxylic acids is 3. The predicted molar refractivity (Wildman–Crippen MR) is 325 cm³/mol. The normalized spacial score (nSPS) is 12.6. The van der Waals surface area contributed by atoms with Crippen molar-refractivity contribution in [3.05, 3.63) is 85.1 Å². The molecule has 6 heteroatoms. The Morgan fingerprint density at radius 3 is 0.800 bits per heavy atom. The molecule has 1 unspecified atom stereocenters. The molecule has 0 spiro atoms. The van der Waals surface area contributed by atoms with Crippen LogP contribution in [0.15, 0.2) is 85.1 Å². The number of hydrogen-bond acceptors (Lipinski definition) is 6. The van der Waals surface area contributed by atoms with E-state index in [0.29, 0.717) is 19.3 Å². The molecule has 0 heterocycles. The second-order valence-electron chi connectivity index (χ2n) is 21.3. The maximum absolute atomic E-state index is 12.9. The fourth-order valence-corrected chi connectivity index (χ4v) is 8.97. The van der Waals surface area contributed by atoms with Crippen LogP contribution in [0.4, 0.5) is 0 Å². The molecular weight excluding hydrogens is 925 g/mol. The molecule has 1 atom stereocenters. The van der Waals surface area contributed by atoms with Gasteiger partial charge in [0.15, 0.2) is 6.10 Å². The maximum Gasteiger partial charge on any atom is 0.306 e. The van der Waals surface area contributed by atoms with Crippen molar-refractivity contribution < 1.29 is 28.6 Å². The van der Waals surface area contributed by atoms with Crippen molar-refractivity contribution >= 4 is 17.9 Å². The van der Waals surface area contributed by atoms with Crippen molar-refractivity contribution in [1.29, 1.82) is 0 Å². The summed E-state index contributed by atoms with van der Waals surface area (Å²) in [7, 11) is 0. The quantitative estimate of drug-likeness (QED) is 0.0261. The summed E-state index contributed by atoms with van der Waals surface area (Å²) in [5.41, 5.74) is 0. The number of carbonyl (C=O) groups is 3. The highest BCUT2D eigenvalue weighted by Gasteiger charge is 2.19. The van der Waals surface area contributed by atoms with Gasteiger partial charge in [-0.05, 0) is 116 Å². The van der Waals surface area contributed by atoms with Crippen LogP contribution in [0.25, 0.3) is 0 Å². The highest BCUT2D eigenvalue weighted by atomic mass is 16.6. The molecule has 0 bridgehead atoms. The standard InChI is InChI=1S/C69H120O6/c1-4-7-10-13-16-19-22-24-26-28-30-32-33-34-35-37-38-40-42-44-47-50-53-56-59-62-68(71)74-65-66(64-73-67(70)61-58-55-52-49-46-21-18-15-12-9-6-3)75-69(72)63-60-57-54-51-48-45-43-41-39-36-31-29-27-25-23-20-17-14-11-8-5-2/h15,18,22-25,28-31,33-34,39,41,66H,4-14,16-17,19-21,26-27,32,35-38,40,42-65H2,1-3H3/b18-15-,24-22-,25-23-,30-28-,31-29-,34-33-,41-39-. The monoisotopic (exact) mass is 1040 g/mol. The lowest BCUT2D eigenvalue weighted by molar-refractivity contribution is -0.167. The second-order valence-corrected chi connectivity index (χ2v) is 21.3. The first-order valence-corrected chi connectivity index (χ1v) is 32.1. The molecule has 0 aliphatic rings. The SMILES string of the molecule is CCCC/C=C\CCCCCCCC(=O)OCC(COC(=O)CCCCCCCCCCCC/C=C\C/C=C\C/C=C\CCCCCCC)OC(=O)CCCCCCCC/C=C\C/C=C\C/C=C\CCCCCCC. The van der Waals surface area contributed by atoms with Crippen molar-refractivity contribution in [3.63, 3.8) is 0 Å². The van der Waals surface area contributed by atoms with E-state index in [0.717, 1.165) is 103 Å². The summed E-state index contributed by atoms with van der Waals surface area (Å²) in [4.78, 5) is 38.2. The van der Waals surface area contributed by atoms with Crippen molar-refractivity contribution in [1.82, 2.24) is 0 Å². The van der Waals surface area contributed by atoms with E-state index in [1.54, 1.807) is 0 Å². The van der Waals surface area contributed by atoms with E-state index in [1.807, 2.05) is 0 Å². The summed E-state index contributed by atoms with van der Waals surface area (Å²) >= 11 is 0. The Labute approximate surface area is 465 Å². The molecule has 6 nitrogen and oxygen atoms in total. The van der Waals surface area contributed by atoms with E-state index >= 15 is 0 Å². The van der Waals surface area contributed by atoms with Crippen molar-refractivity contribution in [3.8, 4) is 0 Å². The fourth-order valence-electron chi connectivity index (χ4n) is 8.97. The molecule has 0 amide bonds. The minimum Gasteiger partial charge on any atom is -0.462 e. The molecule has 0 aromatic rings. The topological polar surface area (TPSA) is 78.9 Å². The largest absolute Gasteiger partial charge is 0.462 e. The average molecular weight is 1050 g/mol. The minimum absolute atomic E-state index is 0.0861.